The average molecular weight is 284 g/mol. The lowest BCUT2D eigenvalue weighted by atomic mass is 10.1. The molecule has 1 aliphatic rings. The van der Waals surface area contributed by atoms with Gasteiger partial charge in [-0.05, 0) is 19.3 Å². The lowest BCUT2D eigenvalue weighted by Gasteiger charge is -2.16. The predicted octanol–water partition coefficient (Wildman–Crippen LogP) is 1.33. The summed E-state index contributed by atoms with van der Waals surface area (Å²) in [6, 6.07) is 0. The fourth-order valence-corrected chi connectivity index (χ4v) is 3.62. The average Bonchev–Trinajstić information content (AvgIpc) is 2.89. The molecule has 1 fully saturated rings. The van der Waals surface area contributed by atoms with E-state index >= 15 is 0 Å². The van der Waals surface area contributed by atoms with Crippen LogP contribution in [0.4, 0.5) is 5.95 Å². The highest BCUT2D eigenvalue weighted by molar-refractivity contribution is 7.89. The van der Waals surface area contributed by atoms with Gasteiger partial charge in [0.2, 0.25) is 16.0 Å². The second-order valence-electron chi connectivity index (χ2n) is 4.70. The van der Waals surface area contributed by atoms with Gasteiger partial charge in [0.25, 0.3) is 0 Å². The molecule has 1 aliphatic heterocycles. The van der Waals surface area contributed by atoms with Crippen LogP contribution in [-0.2, 0) is 10.0 Å². The Morgan fingerprint density at radius 2 is 2.05 bits per heavy atom. The molecule has 1 aromatic rings. The van der Waals surface area contributed by atoms with Crippen LogP contribution in [0.2, 0.25) is 0 Å². The van der Waals surface area contributed by atoms with Gasteiger partial charge in [0.1, 0.15) is 4.90 Å². The first-order valence-corrected chi connectivity index (χ1v) is 8.08. The SMILES string of the molecule is CCNc1ncc(S(=O)(=O)N2CCC(CC)C2)cn1. The van der Waals surface area contributed by atoms with Crippen molar-refractivity contribution in [3.05, 3.63) is 12.4 Å². The van der Waals surface area contributed by atoms with Crippen LogP contribution in [0.1, 0.15) is 26.7 Å². The normalized spacial score (nSPS) is 20.6. The van der Waals surface area contributed by atoms with Crippen LogP contribution >= 0.6 is 0 Å². The van der Waals surface area contributed by atoms with Gasteiger partial charge in [-0.2, -0.15) is 4.31 Å². The van der Waals surface area contributed by atoms with Gasteiger partial charge in [-0.25, -0.2) is 18.4 Å². The first-order valence-electron chi connectivity index (χ1n) is 6.64. The first-order chi connectivity index (χ1) is 9.07. The van der Waals surface area contributed by atoms with Crippen molar-refractivity contribution in [2.45, 2.75) is 31.6 Å². The molecule has 0 amide bonds. The predicted molar refractivity (Wildman–Crippen MR) is 73.4 cm³/mol. The van der Waals surface area contributed by atoms with E-state index in [2.05, 4.69) is 22.2 Å². The highest BCUT2D eigenvalue weighted by Gasteiger charge is 2.32. The van der Waals surface area contributed by atoms with Crippen molar-refractivity contribution in [3.8, 4) is 0 Å². The molecule has 0 aliphatic carbocycles. The molecule has 7 heteroatoms. The van der Waals surface area contributed by atoms with E-state index in [1.54, 1.807) is 0 Å². The van der Waals surface area contributed by atoms with Crippen LogP contribution in [0.15, 0.2) is 17.3 Å². The van der Waals surface area contributed by atoms with Crippen LogP contribution in [0.25, 0.3) is 0 Å². The molecular formula is C12H20N4O2S. The van der Waals surface area contributed by atoms with Gasteiger partial charge in [0.05, 0.1) is 12.4 Å². The molecule has 0 saturated carbocycles. The molecule has 0 bridgehead atoms. The first kappa shape index (κ1) is 14.2. The highest BCUT2D eigenvalue weighted by atomic mass is 32.2. The Balaban J connectivity index is 2.15. The van der Waals surface area contributed by atoms with E-state index in [4.69, 9.17) is 0 Å². The number of rotatable bonds is 5. The van der Waals surface area contributed by atoms with Gasteiger partial charge >= 0.3 is 0 Å². The molecule has 19 heavy (non-hydrogen) atoms. The van der Waals surface area contributed by atoms with E-state index in [1.165, 1.54) is 16.7 Å². The van der Waals surface area contributed by atoms with Crippen LogP contribution in [0, 0.1) is 5.92 Å². The third-order valence-electron chi connectivity index (χ3n) is 3.43. The molecule has 2 heterocycles. The maximum absolute atomic E-state index is 12.4. The van der Waals surface area contributed by atoms with Crippen molar-refractivity contribution < 1.29 is 8.42 Å². The Hall–Kier alpha value is -1.21. The minimum absolute atomic E-state index is 0.172. The monoisotopic (exact) mass is 284 g/mol. The minimum atomic E-state index is -3.43. The summed E-state index contributed by atoms with van der Waals surface area (Å²) in [5.41, 5.74) is 0. The Morgan fingerprint density at radius 1 is 1.37 bits per heavy atom. The largest absolute Gasteiger partial charge is 0.355 e. The van der Waals surface area contributed by atoms with Crippen molar-refractivity contribution in [2.24, 2.45) is 5.92 Å². The molecule has 1 atom stereocenters. The molecule has 1 N–H and O–H groups in total. The number of hydrogen-bond donors (Lipinski definition) is 1. The van der Waals surface area contributed by atoms with Crippen molar-refractivity contribution in [3.63, 3.8) is 0 Å². The van der Waals surface area contributed by atoms with Gasteiger partial charge in [0.15, 0.2) is 0 Å². The van der Waals surface area contributed by atoms with Gasteiger partial charge in [-0.1, -0.05) is 13.3 Å². The zero-order valence-electron chi connectivity index (χ0n) is 11.3. The zero-order chi connectivity index (χ0) is 13.9. The van der Waals surface area contributed by atoms with Gasteiger partial charge in [-0.15, -0.1) is 0 Å². The number of aromatic nitrogens is 2. The summed E-state index contributed by atoms with van der Waals surface area (Å²) in [5.74, 6) is 0.922. The zero-order valence-corrected chi connectivity index (χ0v) is 12.2. The van der Waals surface area contributed by atoms with Gasteiger partial charge in [0, 0.05) is 19.6 Å². The van der Waals surface area contributed by atoms with Crippen molar-refractivity contribution in [1.29, 1.82) is 0 Å². The highest BCUT2D eigenvalue weighted by Crippen LogP contribution is 2.25. The Morgan fingerprint density at radius 3 is 2.58 bits per heavy atom. The van der Waals surface area contributed by atoms with E-state index in [0.717, 1.165) is 12.8 Å². The summed E-state index contributed by atoms with van der Waals surface area (Å²) < 4.78 is 26.3. The Labute approximate surface area is 114 Å². The van der Waals surface area contributed by atoms with E-state index in [1.807, 2.05) is 6.92 Å². The Bertz CT molecular complexity index is 515. The standard InChI is InChI=1S/C12H20N4O2S/c1-3-10-5-6-16(9-10)19(17,18)11-7-14-12(13-4-2)15-8-11/h7-8,10H,3-6,9H2,1-2H3,(H,13,14,15). The van der Waals surface area contributed by atoms with Gasteiger partial charge < -0.3 is 5.32 Å². The topological polar surface area (TPSA) is 75.2 Å². The summed E-state index contributed by atoms with van der Waals surface area (Å²) in [6.45, 7) is 5.93. The lowest BCUT2D eigenvalue weighted by molar-refractivity contribution is 0.452. The number of hydrogen-bond acceptors (Lipinski definition) is 5. The second kappa shape index (κ2) is 5.83. The fraction of sp³-hybridized carbons (Fsp3) is 0.667. The van der Waals surface area contributed by atoms with Crippen LogP contribution in [0.5, 0.6) is 0 Å². The molecule has 6 nitrogen and oxygen atoms in total. The van der Waals surface area contributed by atoms with E-state index < -0.39 is 10.0 Å². The second-order valence-corrected chi connectivity index (χ2v) is 6.64. The maximum atomic E-state index is 12.4. The summed E-state index contributed by atoms with van der Waals surface area (Å²) in [5, 5.41) is 2.94. The summed E-state index contributed by atoms with van der Waals surface area (Å²) >= 11 is 0. The molecule has 106 valence electrons. The lowest BCUT2D eigenvalue weighted by Crippen LogP contribution is -2.29. The molecule has 1 saturated heterocycles. The summed E-state index contributed by atoms with van der Waals surface area (Å²) in [6.07, 6.45) is 4.70. The molecule has 0 radical (unpaired) electrons. The quantitative estimate of drug-likeness (QED) is 0.883. The smallest absolute Gasteiger partial charge is 0.246 e. The maximum Gasteiger partial charge on any atom is 0.246 e. The fourth-order valence-electron chi connectivity index (χ4n) is 2.20. The van der Waals surface area contributed by atoms with Crippen molar-refractivity contribution in [1.82, 2.24) is 14.3 Å². The Kier molecular flexibility index (Phi) is 4.36. The summed E-state index contributed by atoms with van der Waals surface area (Å²) in [7, 11) is -3.43. The van der Waals surface area contributed by atoms with Crippen LogP contribution in [-0.4, -0.2) is 42.3 Å². The molecule has 1 unspecified atom stereocenters. The molecular weight excluding hydrogens is 264 g/mol. The summed E-state index contributed by atoms with van der Waals surface area (Å²) in [4.78, 5) is 8.21. The minimum Gasteiger partial charge on any atom is -0.355 e. The molecule has 1 aromatic heterocycles. The third-order valence-corrected chi connectivity index (χ3v) is 5.24. The van der Waals surface area contributed by atoms with Crippen LogP contribution in [0.3, 0.4) is 0 Å². The third kappa shape index (κ3) is 3.03. The van der Waals surface area contributed by atoms with Crippen LogP contribution < -0.4 is 5.32 Å². The number of nitrogens with zero attached hydrogens (tertiary/aromatic N) is 3. The number of sulfonamides is 1. The van der Waals surface area contributed by atoms with Crippen molar-refractivity contribution in [2.75, 3.05) is 25.0 Å². The number of anilines is 1. The molecule has 0 aromatic carbocycles. The van der Waals surface area contributed by atoms with E-state index in [0.29, 0.717) is 31.5 Å². The van der Waals surface area contributed by atoms with E-state index in [9.17, 15) is 8.42 Å². The molecule has 2 rings (SSSR count). The van der Waals surface area contributed by atoms with E-state index in [-0.39, 0.29) is 4.90 Å². The van der Waals surface area contributed by atoms with Crippen molar-refractivity contribution >= 4 is 16.0 Å². The number of nitrogens with one attached hydrogen (secondary N) is 1. The molecule has 0 spiro atoms. The van der Waals surface area contributed by atoms with Gasteiger partial charge in [-0.3, -0.25) is 0 Å².